The monoisotopic (exact) mass is 338 g/mol. The molecule has 0 radical (unpaired) electrons. The van der Waals surface area contributed by atoms with Gasteiger partial charge in [0.15, 0.2) is 5.78 Å². The number of likely N-dealkylation sites (tertiary alicyclic amines) is 1. The molecule has 4 heteroatoms. The van der Waals surface area contributed by atoms with E-state index in [1.165, 1.54) is 16.5 Å². The number of aromatic amines is 1. The first kappa shape index (κ1) is 15.6. The average molecular weight is 338 g/mol. The number of ketones is 1. The molecule has 2 aromatic heterocycles. The van der Waals surface area contributed by atoms with Crippen LogP contribution in [0.3, 0.4) is 0 Å². The summed E-state index contributed by atoms with van der Waals surface area (Å²) in [6.45, 7) is 4.90. The zero-order chi connectivity index (χ0) is 16.5. The van der Waals surface area contributed by atoms with Gasteiger partial charge in [0, 0.05) is 36.1 Å². The van der Waals surface area contributed by atoms with Gasteiger partial charge < -0.3 is 4.98 Å². The molecule has 1 saturated heterocycles. The van der Waals surface area contributed by atoms with Crippen LogP contribution in [0.15, 0.2) is 41.9 Å². The quantitative estimate of drug-likeness (QED) is 0.704. The van der Waals surface area contributed by atoms with Crippen LogP contribution in [-0.4, -0.2) is 28.8 Å². The summed E-state index contributed by atoms with van der Waals surface area (Å²) in [4.78, 5) is 19.6. The summed E-state index contributed by atoms with van der Waals surface area (Å²) in [5, 5.41) is 3.31. The van der Waals surface area contributed by atoms with Crippen molar-refractivity contribution < 1.29 is 4.79 Å². The average Bonchev–Trinajstić information content (AvgIpc) is 3.21. The lowest BCUT2D eigenvalue weighted by atomic mass is 9.92. The first-order chi connectivity index (χ1) is 11.7. The minimum Gasteiger partial charge on any atom is -0.361 e. The molecule has 1 atom stereocenters. The Morgan fingerprint density at radius 1 is 1.33 bits per heavy atom. The molecule has 0 amide bonds. The Bertz CT molecular complexity index is 863. The second kappa shape index (κ2) is 6.54. The van der Waals surface area contributed by atoms with Crippen LogP contribution in [0.5, 0.6) is 0 Å². The van der Waals surface area contributed by atoms with E-state index in [9.17, 15) is 4.79 Å². The van der Waals surface area contributed by atoms with Gasteiger partial charge in [-0.15, -0.1) is 11.3 Å². The molecule has 3 heterocycles. The third-order valence-electron chi connectivity index (χ3n) is 5.03. The highest BCUT2D eigenvalue weighted by Crippen LogP contribution is 2.27. The number of Topliss-reactive ketones (excluding diaryl/α,β-unsaturated/α-hetero) is 1. The number of nitrogens with one attached hydrogen (secondary N) is 1. The van der Waals surface area contributed by atoms with Crippen LogP contribution in [0, 0.1) is 12.8 Å². The highest BCUT2D eigenvalue weighted by atomic mass is 32.1. The summed E-state index contributed by atoms with van der Waals surface area (Å²) in [7, 11) is 0. The van der Waals surface area contributed by atoms with Crippen molar-refractivity contribution in [1.82, 2.24) is 9.88 Å². The molecule has 0 bridgehead atoms. The Labute approximate surface area is 146 Å². The zero-order valence-corrected chi connectivity index (χ0v) is 14.7. The van der Waals surface area contributed by atoms with E-state index in [0.717, 1.165) is 42.9 Å². The number of nitrogens with zero attached hydrogens (tertiary/aromatic N) is 1. The summed E-state index contributed by atoms with van der Waals surface area (Å²) in [6, 6.07) is 10.5. The van der Waals surface area contributed by atoms with E-state index in [1.54, 1.807) is 11.3 Å². The summed E-state index contributed by atoms with van der Waals surface area (Å²) < 4.78 is 0. The Morgan fingerprint density at radius 3 is 3.04 bits per heavy atom. The fourth-order valence-electron chi connectivity index (χ4n) is 3.73. The number of aromatic nitrogens is 1. The van der Waals surface area contributed by atoms with Crippen LogP contribution in [0.1, 0.15) is 33.6 Å². The molecule has 1 unspecified atom stereocenters. The lowest BCUT2D eigenvalue weighted by Crippen LogP contribution is -2.38. The number of thiophene rings is 1. The van der Waals surface area contributed by atoms with Crippen molar-refractivity contribution in [3.05, 3.63) is 57.9 Å². The summed E-state index contributed by atoms with van der Waals surface area (Å²) in [6.07, 6.45) is 4.23. The molecule has 1 aliphatic heterocycles. The number of benzene rings is 1. The van der Waals surface area contributed by atoms with Gasteiger partial charge in [0.25, 0.3) is 0 Å². The number of fused-ring (bicyclic) bond motifs is 1. The highest BCUT2D eigenvalue weighted by molar-refractivity contribution is 7.12. The molecule has 0 aliphatic carbocycles. The second-order valence-corrected chi connectivity index (χ2v) is 7.65. The predicted octanol–water partition coefficient (Wildman–Crippen LogP) is 4.63. The Balaban J connectivity index is 1.49. The molecule has 1 N–H and O–H groups in total. The lowest BCUT2D eigenvalue weighted by molar-refractivity contribution is 0.0816. The van der Waals surface area contributed by atoms with Crippen molar-refractivity contribution in [3.63, 3.8) is 0 Å². The van der Waals surface area contributed by atoms with E-state index >= 15 is 0 Å². The SMILES string of the molecule is Cc1ccsc1C(=O)C1CCCN(Cc2c[nH]c3ccccc23)C1. The molecule has 24 heavy (non-hydrogen) atoms. The number of carbonyl (C=O) groups excluding carboxylic acids is 1. The number of piperidine rings is 1. The van der Waals surface area contributed by atoms with Crippen molar-refractivity contribution >= 4 is 28.0 Å². The molecule has 1 fully saturated rings. The number of aryl methyl sites for hydroxylation is 1. The number of hydrogen-bond acceptors (Lipinski definition) is 3. The Morgan fingerprint density at radius 2 is 2.21 bits per heavy atom. The number of hydrogen-bond donors (Lipinski definition) is 1. The molecule has 1 aliphatic rings. The van der Waals surface area contributed by atoms with Crippen LogP contribution >= 0.6 is 11.3 Å². The maximum atomic E-state index is 12.8. The van der Waals surface area contributed by atoms with Gasteiger partial charge in [-0.2, -0.15) is 0 Å². The standard InChI is InChI=1S/C20H22N2OS/c1-14-8-10-24-20(14)19(23)15-5-4-9-22(12-15)13-16-11-21-18-7-3-2-6-17(16)18/h2-3,6-8,10-11,15,21H,4-5,9,12-13H2,1H3. The first-order valence-electron chi connectivity index (χ1n) is 8.58. The molecular formula is C20H22N2OS. The maximum Gasteiger partial charge on any atom is 0.177 e. The highest BCUT2D eigenvalue weighted by Gasteiger charge is 2.28. The first-order valence-corrected chi connectivity index (χ1v) is 9.46. The van der Waals surface area contributed by atoms with Crippen molar-refractivity contribution in [1.29, 1.82) is 0 Å². The van der Waals surface area contributed by atoms with E-state index in [0.29, 0.717) is 5.78 Å². The third-order valence-corrected chi connectivity index (χ3v) is 6.06. The van der Waals surface area contributed by atoms with E-state index in [1.807, 2.05) is 18.4 Å². The normalized spacial score (nSPS) is 19.0. The van der Waals surface area contributed by atoms with Gasteiger partial charge in [-0.25, -0.2) is 0 Å². The van der Waals surface area contributed by atoms with E-state index < -0.39 is 0 Å². The Hall–Kier alpha value is -1.91. The van der Waals surface area contributed by atoms with Crippen molar-refractivity contribution in [3.8, 4) is 0 Å². The predicted molar refractivity (Wildman–Crippen MR) is 99.7 cm³/mol. The van der Waals surface area contributed by atoms with E-state index in [4.69, 9.17) is 0 Å². The second-order valence-electron chi connectivity index (χ2n) is 6.73. The van der Waals surface area contributed by atoms with Gasteiger partial charge in [-0.05, 0) is 54.9 Å². The fraction of sp³-hybridized carbons (Fsp3) is 0.350. The zero-order valence-electron chi connectivity index (χ0n) is 13.9. The summed E-state index contributed by atoms with van der Waals surface area (Å²) in [5.74, 6) is 0.479. The minimum atomic E-state index is 0.140. The topological polar surface area (TPSA) is 36.1 Å². The third kappa shape index (κ3) is 2.92. The number of para-hydroxylation sites is 1. The van der Waals surface area contributed by atoms with Crippen molar-refractivity contribution in [2.75, 3.05) is 13.1 Å². The smallest absolute Gasteiger partial charge is 0.177 e. The van der Waals surface area contributed by atoms with Gasteiger partial charge in [0.2, 0.25) is 0 Å². The molecule has 124 valence electrons. The minimum absolute atomic E-state index is 0.140. The molecule has 3 nitrogen and oxygen atoms in total. The van der Waals surface area contributed by atoms with Crippen molar-refractivity contribution in [2.24, 2.45) is 5.92 Å². The van der Waals surface area contributed by atoms with Crippen molar-refractivity contribution in [2.45, 2.75) is 26.3 Å². The van der Waals surface area contributed by atoms with Crippen LogP contribution in [-0.2, 0) is 6.54 Å². The molecular weight excluding hydrogens is 316 g/mol. The molecule has 4 rings (SSSR count). The summed E-state index contributed by atoms with van der Waals surface area (Å²) in [5.41, 5.74) is 3.64. The fourth-order valence-corrected chi connectivity index (χ4v) is 4.67. The largest absolute Gasteiger partial charge is 0.361 e. The molecule has 3 aromatic rings. The van der Waals surface area contributed by atoms with Crippen LogP contribution in [0.25, 0.3) is 10.9 Å². The number of carbonyl (C=O) groups is 1. The Kier molecular flexibility index (Phi) is 4.25. The molecule has 1 aromatic carbocycles. The van der Waals surface area contributed by atoms with Crippen LogP contribution < -0.4 is 0 Å². The van der Waals surface area contributed by atoms with Gasteiger partial charge >= 0.3 is 0 Å². The molecule has 0 saturated carbocycles. The number of H-pyrrole nitrogens is 1. The molecule has 0 spiro atoms. The van der Waals surface area contributed by atoms with Crippen LogP contribution in [0.4, 0.5) is 0 Å². The van der Waals surface area contributed by atoms with Gasteiger partial charge in [0.1, 0.15) is 0 Å². The van der Waals surface area contributed by atoms with E-state index in [-0.39, 0.29) is 5.92 Å². The summed E-state index contributed by atoms with van der Waals surface area (Å²) >= 11 is 1.59. The lowest BCUT2D eigenvalue weighted by Gasteiger charge is -2.31. The van der Waals surface area contributed by atoms with E-state index in [2.05, 4.69) is 40.3 Å². The van der Waals surface area contributed by atoms with Crippen LogP contribution in [0.2, 0.25) is 0 Å². The van der Waals surface area contributed by atoms with Gasteiger partial charge in [0.05, 0.1) is 4.88 Å². The number of rotatable bonds is 4. The van der Waals surface area contributed by atoms with Gasteiger partial charge in [-0.1, -0.05) is 18.2 Å². The van der Waals surface area contributed by atoms with Gasteiger partial charge in [-0.3, -0.25) is 9.69 Å². The maximum absolute atomic E-state index is 12.8.